The van der Waals surface area contributed by atoms with Gasteiger partial charge in [0.1, 0.15) is 17.3 Å². The molecule has 1 aromatic heterocycles. The standard InChI is InChI=1S/C24H25F2N3O3/c1-14(30)28-17-12-18(32-23(13-17)19-4-2-3-5-20(19)26)8-9-27-24(31)22-11-15-10-16(25)6-7-21(15)29-22/h2-7,10-11,17-18,23,29H,8-9,12-13H2,1H3,(H,27,31)(H,28,30)/t17-,18+,23+/m0/s1. The molecule has 32 heavy (non-hydrogen) atoms. The molecule has 3 atom stereocenters. The third-order valence-electron chi connectivity index (χ3n) is 5.64. The van der Waals surface area contributed by atoms with Crippen molar-refractivity contribution in [3.05, 3.63) is 71.4 Å². The van der Waals surface area contributed by atoms with Crippen LogP contribution in [-0.2, 0) is 9.53 Å². The highest BCUT2D eigenvalue weighted by Gasteiger charge is 2.32. The molecule has 1 aliphatic rings. The summed E-state index contributed by atoms with van der Waals surface area (Å²) in [6.07, 6.45) is 0.816. The van der Waals surface area contributed by atoms with Gasteiger partial charge in [0, 0.05) is 36.0 Å². The Morgan fingerprint density at radius 3 is 2.72 bits per heavy atom. The molecule has 2 heterocycles. The van der Waals surface area contributed by atoms with Crippen molar-refractivity contribution in [2.24, 2.45) is 0 Å². The first-order valence-corrected chi connectivity index (χ1v) is 10.6. The minimum atomic E-state index is -0.480. The number of carbonyl (C=O) groups excluding carboxylic acids is 2. The molecule has 3 aromatic rings. The second-order valence-electron chi connectivity index (χ2n) is 8.10. The molecule has 0 radical (unpaired) electrons. The summed E-state index contributed by atoms with van der Waals surface area (Å²) in [5.74, 6) is -1.16. The molecule has 3 N–H and O–H groups in total. The van der Waals surface area contributed by atoms with Crippen molar-refractivity contribution in [1.82, 2.24) is 15.6 Å². The van der Waals surface area contributed by atoms with E-state index in [-0.39, 0.29) is 35.6 Å². The molecule has 0 unspecified atom stereocenters. The first-order valence-electron chi connectivity index (χ1n) is 10.6. The monoisotopic (exact) mass is 441 g/mol. The van der Waals surface area contributed by atoms with Gasteiger partial charge in [-0.15, -0.1) is 0 Å². The fourth-order valence-corrected chi connectivity index (χ4v) is 4.21. The minimum Gasteiger partial charge on any atom is -0.370 e. The summed E-state index contributed by atoms with van der Waals surface area (Å²) >= 11 is 0. The number of hydrogen-bond donors (Lipinski definition) is 3. The molecular weight excluding hydrogens is 416 g/mol. The lowest BCUT2D eigenvalue weighted by molar-refractivity contribution is -0.122. The molecule has 2 aromatic carbocycles. The summed E-state index contributed by atoms with van der Waals surface area (Å²) in [4.78, 5) is 27.0. The molecule has 6 nitrogen and oxygen atoms in total. The second-order valence-corrected chi connectivity index (χ2v) is 8.10. The zero-order valence-corrected chi connectivity index (χ0v) is 17.7. The van der Waals surface area contributed by atoms with Crippen molar-refractivity contribution in [2.45, 2.75) is 44.4 Å². The average molecular weight is 441 g/mol. The van der Waals surface area contributed by atoms with E-state index >= 15 is 0 Å². The molecule has 1 aliphatic heterocycles. The third-order valence-corrected chi connectivity index (χ3v) is 5.64. The van der Waals surface area contributed by atoms with Crippen LogP contribution in [-0.4, -0.2) is 35.5 Å². The molecule has 0 bridgehead atoms. The van der Waals surface area contributed by atoms with Gasteiger partial charge < -0.3 is 20.4 Å². The van der Waals surface area contributed by atoms with Crippen molar-refractivity contribution < 1.29 is 23.1 Å². The van der Waals surface area contributed by atoms with Crippen LogP contribution in [0.1, 0.15) is 48.3 Å². The number of carbonyl (C=O) groups is 2. The number of ether oxygens (including phenoxy) is 1. The number of aromatic nitrogens is 1. The number of H-pyrrole nitrogens is 1. The van der Waals surface area contributed by atoms with Crippen molar-refractivity contribution in [3.63, 3.8) is 0 Å². The smallest absolute Gasteiger partial charge is 0.267 e. The van der Waals surface area contributed by atoms with Crippen LogP contribution in [0.5, 0.6) is 0 Å². The van der Waals surface area contributed by atoms with Crippen LogP contribution >= 0.6 is 0 Å². The number of rotatable bonds is 6. The fourth-order valence-electron chi connectivity index (χ4n) is 4.21. The van der Waals surface area contributed by atoms with Gasteiger partial charge in [-0.25, -0.2) is 8.78 Å². The maximum Gasteiger partial charge on any atom is 0.267 e. The van der Waals surface area contributed by atoms with E-state index in [1.54, 1.807) is 30.3 Å². The third kappa shape index (κ3) is 5.13. The van der Waals surface area contributed by atoms with Gasteiger partial charge in [0.2, 0.25) is 5.91 Å². The van der Waals surface area contributed by atoms with E-state index in [0.717, 1.165) is 0 Å². The van der Waals surface area contributed by atoms with E-state index in [9.17, 15) is 18.4 Å². The molecule has 0 saturated carbocycles. The summed E-state index contributed by atoms with van der Waals surface area (Å²) in [5.41, 5.74) is 1.48. The Labute approximate surface area is 184 Å². The quantitative estimate of drug-likeness (QED) is 0.541. The van der Waals surface area contributed by atoms with E-state index in [2.05, 4.69) is 15.6 Å². The Kier molecular flexibility index (Phi) is 6.50. The van der Waals surface area contributed by atoms with Crippen molar-refractivity contribution in [1.29, 1.82) is 0 Å². The van der Waals surface area contributed by atoms with Crippen LogP contribution in [0.2, 0.25) is 0 Å². The Balaban J connectivity index is 1.38. The lowest BCUT2D eigenvalue weighted by Gasteiger charge is -2.36. The number of aromatic amines is 1. The van der Waals surface area contributed by atoms with Crippen molar-refractivity contribution >= 4 is 22.7 Å². The van der Waals surface area contributed by atoms with Gasteiger partial charge in [-0.05, 0) is 49.6 Å². The molecule has 0 spiro atoms. The maximum atomic E-state index is 14.3. The molecule has 0 aliphatic carbocycles. The van der Waals surface area contributed by atoms with Gasteiger partial charge in [-0.3, -0.25) is 9.59 Å². The molecule has 168 valence electrons. The van der Waals surface area contributed by atoms with Crippen LogP contribution in [0.15, 0.2) is 48.5 Å². The van der Waals surface area contributed by atoms with Gasteiger partial charge in [0.05, 0.1) is 12.2 Å². The van der Waals surface area contributed by atoms with Gasteiger partial charge in [0.15, 0.2) is 0 Å². The van der Waals surface area contributed by atoms with Crippen molar-refractivity contribution in [2.75, 3.05) is 6.54 Å². The fraction of sp³-hybridized carbons (Fsp3) is 0.333. The van der Waals surface area contributed by atoms with Gasteiger partial charge in [0.25, 0.3) is 5.91 Å². The highest BCUT2D eigenvalue weighted by atomic mass is 19.1. The molecular formula is C24H25F2N3O3. The topological polar surface area (TPSA) is 83.2 Å². The van der Waals surface area contributed by atoms with Gasteiger partial charge >= 0.3 is 0 Å². The van der Waals surface area contributed by atoms with Crippen LogP contribution in [0.25, 0.3) is 10.9 Å². The van der Waals surface area contributed by atoms with E-state index < -0.39 is 6.10 Å². The number of hydrogen-bond acceptors (Lipinski definition) is 3. The van der Waals surface area contributed by atoms with Crippen molar-refractivity contribution in [3.8, 4) is 0 Å². The van der Waals surface area contributed by atoms with E-state index in [1.165, 1.54) is 25.1 Å². The summed E-state index contributed by atoms with van der Waals surface area (Å²) in [7, 11) is 0. The summed E-state index contributed by atoms with van der Waals surface area (Å²) < 4.78 is 33.8. The Morgan fingerprint density at radius 2 is 1.94 bits per heavy atom. The number of fused-ring (bicyclic) bond motifs is 1. The number of benzene rings is 2. The highest BCUT2D eigenvalue weighted by molar-refractivity contribution is 5.97. The van der Waals surface area contributed by atoms with Crippen LogP contribution in [0, 0.1) is 11.6 Å². The number of nitrogens with one attached hydrogen (secondary N) is 3. The average Bonchev–Trinajstić information content (AvgIpc) is 3.17. The molecule has 8 heteroatoms. The maximum absolute atomic E-state index is 14.3. The molecule has 1 saturated heterocycles. The number of amides is 2. The van der Waals surface area contributed by atoms with E-state index in [4.69, 9.17) is 4.74 Å². The van der Waals surface area contributed by atoms with Crippen LogP contribution < -0.4 is 10.6 Å². The molecule has 4 rings (SSSR count). The zero-order chi connectivity index (χ0) is 22.7. The zero-order valence-electron chi connectivity index (χ0n) is 17.7. The normalized spacial score (nSPS) is 20.8. The first kappa shape index (κ1) is 22.0. The summed E-state index contributed by atoms with van der Waals surface area (Å²) in [5, 5.41) is 6.37. The number of halogens is 2. The largest absolute Gasteiger partial charge is 0.370 e. The Hall–Kier alpha value is -3.26. The van der Waals surface area contributed by atoms with Gasteiger partial charge in [-0.1, -0.05) is 18.2 Å². The molecule has 1 fully saturated rings. The van der Waals surface area contributed by atoms with Crippen LogP contribution in [0.3, 0.4) is 0 Å². The van der Waals surface area contributed by atoms with Crippen LogP contribution in [0.4, 0.5) is 8.78 Å². The Bertz CT molecular complexity index is 1130. The summed E-state index contributed by atoms with van der Waals surface area (Å²) in [6.45, 7) is 1.79. The lowest BCUT2D eigenvalue weighted by Crippen LogP contribution is -2.43. The first-order chi connectivity index (χ1) is 15.4. The predicted molar refractivity (Wildman–Crippen MR) is 116 cm³/mol. The highest BCUT2D eigenvalue weighted by Crippen LogP contribution is 2.33. The summed E-state index contributed by atoms with van der Waals surface area (Å²) in [6, 6.07) is 12.2. The lowest BCUT2D eigenvalue weighted by atomic mass is 9.92. The second kappa shape index (κ2) is 9.48. The molecule has 2 amide bonds. The predicted octanol–water partition coefficient (Wildman–Crippen LogP) is 3.99. The minimum absolute atomic E-state index is 0.143. The van der Waals surface area contributed by atoms with E-state index in [1.807, 2.05) is 0 Å². The van der Waals surface area contributed by atoms with Gasteiger partial charge in [-0.2, -0.15) is 0 Å². The Morgan fingerprint density at radius 1 is 1.12 bits per heavy atom. The van der Waals surface area contributed by atoms with E-state index in [0.29, 0.717) is 48.0 Å². The SMILES string of the molecule is CC(=O)N[C@H]1C[C@@H](CCNC(=O)c2cc3cc(F)ccc3[nH]2)O[C@@H](c2ccccc2F)C1.